The lowest BCUT2D eigenvalue weighted by Gasteiger charge is -2.06. The van der Waals surface area contributed by atoms with Crippen LogP contribution in [-0.2, 0) is 6.18 Å². The molecule has 1 aromatic carbocycles. The maximum Gasteiger partial charge on any atom is 0.449 e. The van der Waals surface area contributed by atoms with Gasteiger partial charge in [0.15, 0.2) is 0 Å². The van der Waals surface area contributed by atoms with Crippen molar-refractivity contribution in [1.82, 2.24) is 9.97 Å². The first-order valence-electron chi connectivity index (χ1n) is 4.25. The van der Waals surface area contributed by atoms with Gasteiger partial charge in [0.2, 0.25) is 5.82 Å². The van der Waals surface area contributed by atoms with Gasteiger partial charge in [-0.15, -0.1) is 0 Å². The molecule has 0 radical (unpaired) electrons. The number of fused-ring (bicyclic) bond motifs is 1. The molecule has 2 rings (SSSR count). The average Bonchev–Trinajstić information content (AvgIpc) is 2.19. The first-order chi connectivity index (χ1) is 7.79. The summed E-state index contributed by atoms with van der Waals surface area (Å²) in [6.45, 7) is 0. The van der Waals surface area contributed by atoms with Crippen LogP contribution < -0.4 is 5.56 Å². The van der Waals surface area contributed by atoms with Crippen molar-refractivity contribution >= 4 is 34.1 Å². The second-order valence-electron chi connectivity index (χ2n) is 3.20. The van der Waals surface area contributed by atoms with E-state index in [9.17, 15) is 18.0 Å². The fourth-order valence-corrected chi connectivity index (χ4v) is 1.59. The highest BCUT2D eigenvalue weighted by molar-refractivity contribution is 6.42. The minimum Gasteiger partial charge on any atom is -0.302 e. The number of alkyl halides is 3. The van der Waals surface area contributed by atoms with E-state index in [1.165, 1.54) is 6.07 Å². The Bertz CT molecular complexity index is 651. The van der Waals surface area contributed by atoms with E-state index in [0.29, 0.717) is 0 Å². The van der Waals surface area contributed by atoms with Crippen LogP contribution >= 0.6 is 23.2 Å². The first kappa shape index (κ1) is 12.2. The average molecular weight is 283 g/mol. The summed E-state index contributed by atoms with van der Waals surface area (Å²) in [6, 6.07) is 2.29. The van der Waals surface area contributed by atoms with Gasteiger partial charge in [-0.05, 0) is 12.1 Å². The molecule has 0 unspecified atom stereocenters. The summed E-state index contributed by atoms with van der Waals surface area (Å²) in [5.41, 5.74) is -1.07. The Morgan fingerprint density at radius 2 is 1.76 bits per heavy atom. The Balaban J connectivity index is 2.83. The number of halogens is 5. The van der Waals surface area contributed by atoms with E-state index in [1.807, 2.05) is 0 Å². The van der Waals surface area contributed by atoms with Crippen LogP contribution in [0.25, 0.3) is 10.9 Å². The molecule has 90 valence electrons. The van der Waals surface area contributed by atoms with E-state index in [0.717, 1.165) is 6.07 Å². The Morgan fingerprint density at radius 1 is 1.18 bits per heavy atom. The minimum atomic E-state index is -4.72. The zero-order valence-electron chi connectivity index (χ0n) is 7.90. The fourth-order valence-electron chi connectivity index (χ4n) is 1.27. The van der Waals surface area contributed by atoms with Gasteiger partial charge in [-0.2, -0.15) is 13.2 Å². The van der Waals surface area contributed by atoms with E-state index in [2.05, 4.69) is 4.98 Å². The lowest BCUT2D eigenvalue weighted by molar-refractivity contribution is -0.144. The molecule has 1 heterocycles. The molecule has 0 fully saturated rings. The summed E-state index contributed by atoms with van der Waals surface area (Å²) in [6.07, 6.45) is -4.72. The van der Waals surface area contributed by atoms with Gasteiger partial charge in [-0.1, -0.05) is 23.2 Å². The van der Waals surface area contributed by atoms with E-state index in [1.54, 1.807) is 4.98 Å². The highest BCUT2D eigenvalue weighted by Gasteiger charge is 2.34. The lowest BCUT2D eigenvalue weighted by atomic mass is 10.2. The zero-order valence-corrected chi connectivity index (χ0v) is 9.41. The van der Waals surface area contributed by atoms with Crippen molar-refractivity contribution in [2.45, 2.75) is 6.18 Å². The van der Waals surface area contributed by atoms with Crippen LogP contribution in [0.1, 0.15) is 5.82 Å². The molecule has 1 aromatic heterocycles. The van der Waals surface area contributed by atoms with Gasteiger partial charge in [0.25, 0.3) is 5.56 Å². The first-order valence-corrected chi connectivity index (χ1v) is 5.01. The lowest BCUT2D eigenvalue weighted by Crippen LogP contribution is -2.19. The molecule has 3 nitrogen and oxygen atoms in total. The molecule has 0 amide bonds. The van der Waals surface area contributed by atoms with Crippen molar-refractivity contribution < 1.29 is 13.2 Å². The van der Waals surface area contributed by atoms with Crippen LogP contribution in [-0.4, -0.2) is 9.97 Å². The van der Waals surface area contributed by atoms with Crippen LogP contribution in [0.2, 0.25) is 10.0 Å². The van der Waals surface area contributed by atoms with Crippen molar-refractivity contribution in [1.29, 1.82) is 0 Å². The summed E-state index contributed by atoms with van der Waals surface area (Å²) >= 11 is 11.3. The normalized spacial score (nSPS) is 12.1. The Labute approximate surface area is 102 Å². The van der Waals surface area contributed by atoms with Crippen molar-refractivity contribution in [3.63, 3.8) is 0 Å². The maximum absolute atomic E-state index is 12.4. The highest BCUT2D eigenvalue weighted by atomic mass is 35.5. The summed E-state index contributed by atoms with van der Waals surface area (Å²) in [5.74, 6) is -1.37. The topological polar surface area (TPSA) is 45.8 Å². The van der Waals surface area contributed by atoms with Crippen molar-refractivity contribution in [3.05, 3.63) is 38.4 Å². The van der Waals surface area contributed by atoms with Crippen molar-refractivity contribution in [3.8, 4) is 0 Å². The van der Waals surface area contributed by atoms with Crippen molar-refractivity contribution in [2.24, 2.45) is 0 Å². The van der Waals surface area contributed by atoms with Gasteiger partial charge in [0.05, 0.1) is 20.9 Å². The zero-order chi connectivity index (χ0) is 12.8. The predicted octanol–water partition coefficient (Wildman–Crippen LogP) is 3.25. The molecule has 0 bridgehead atoms. The Kier molecular flexibility index (Phi) is 2.79. The van der Waals surface area contributed by atoms with Gasteiger partial charge in [-0.3, -0.25) is 4.79 Å². The van der Waals surface area contributed by atoms with Gasteiger partial charge in [-0.25, -0.2) is 4.98 Å². The molecule has 0 atom stereocenters. The molecule has 0 aliphatic rings. The molecule has 0 aliphatic carbocycles. The van der Waals surface area contributed by atoms with E-state index >= 15 is 0 Å². The quantitative estimate of drug-likeness (QED) is 0.806. The van der Waals surface area contributed by atoms with Gasteiger partial charge >= 0.3 is 6.18 Å². The van der Waals surface area contributed by atoms with Crippen molar-refractivity contribution in [2.75, 3.05) is 0 Å². The van der Waals surface area contributed by atoms with Crippen LogP contribution in [0.15, 0.2) is 16.9 Å². The summed E-state index contributed by atoms with van der Waals surface area (Å²) in [7, 11) is 0. The largest absolute Gasteiger partial charge is 0.449 e. The van der Waals surface area contributed by atoms with E-state index < -0.39 is 17.6 Å². The summed E-state index contributed by atoms with van der Waals surface area (Å²) < 4.78 is 37.2. The number of aromatic nitrogens is 2. The number of nitrogens with one attached hydrogen (secondary N) is 1. The van der Waals surface area contributed by atoms with Crippen LogP contribution in [0.3, 0.4) is 0 Å². The monoisotopic (exact) mass is 282 g/mol. The number of H-pyrrole nitrogens is 1. The summed E-state index contributed by atoms with van der Waals surface area (Å²) in [4.78, 5) is 16.3. The van der Waals surface area contributed by atoms with Gasteiger partial charge < -0.3 is 4.98 Å². The number of aromatic amines is 1. The summed E-state index contributed by atoms with van der Waals surface area (Å²) in [5, 5.41) is 0.0593. The third-order valence-corrected chi connectivity index (χ3v) is 2.74. The Hall–Kier alpha value is -1.27. The second kappa shape index (κ2) is 3.89. The number of nitrogens with zero attached hydrogens (tertiary/aromatic N) is 1. The molecule has 0 spiro atoms. The standard InChI is InChI=1S/C9H3Cl2F3N2O/c10-4-1-3-6(2-5(4)11)15-8(9(12,13)14)16-7(3)17/h1-2H,(H,15,16,17). The number of hydrogen-bond donors (Lipinski definition) is 1. The molecule has 17 heavy (non-hydrogen) atoms. The van der Waals surface area contributed by atoms with E-state index in [-0.39, 0.29) is 20.9 Å². The highest BCUT2D eigenvalue weighted by Crippen LogP contribution is 2.29. The third kappa shape index (κ3) is 2.23. The fraction of sp³-hybridized carbons (Fsp3) is 0.111. The van der Waals surface area contributed by atoms with Gasteiger partial charge in [0.1, 0.15) is 0 Å². The van der Waals surface area contributed by atoms with E-state index in [4.69, 9.17) is 23.2 Å². The maximum atomic E-state index is 12.4. The molecule has 2 aromatic rings. The molecule has 0 aliphatic heterocycles. The number of benzene rings is 1. The third-order valence-electron chi connectivity index (χ3n) is 2.02. The smallest absolute Gasteiger partial charge is 0.302 e. The van der Waals surface area contributed by atoms with Gasteiger partial charge in [0, 0.05) is 0 Å². The molecule has 0 saturated heterocycles. The SMILES string of the molecule is O=c1[nH]c(C(F)(F)F)nc2cc(Cl)c(Cl)cc12. The number of rotatable bonds is 0. The molecular formula is C9H3Cl2F3N2O. The Morgan fingerprint density at radius 3 is 2.35 bits per heavy atom. The molecular weight excluding hydrogens is 280 g/mol. The minimum absolute atomic E-state index is 0.0328. The molecule has 1 N–H and O–H groups in total. The molecule has 0 saturated carbocycles. The number of hydrogen-bond acceptors (Lipinski definition) is 2. The van der Waals surface area contributed by atoms with Crippen LogP contribution in [0, 0.1) is 0 Å². The predicted molar refractivity (Wildman–Crippen MR) is 57.4 cm³/mol. The molecule has 8 heteroatoms. The van der Waals surface area contributed by atoms with Crippen LogP contribution in [0.5, 0.6) is 0 Å². The second-order valence-corrected chi connectivity index (χ2v) is 4.01. The van der Waals surface area contributed by atoms with Crippen LogP contribution in [0.4, 0.5) is 13.2 Å².